The molecule has 0 aliphatic rings. The molecule has 0 fully saturated rings. The third kappa shape index (κ3) is 21.5. The van der Waals surface area contributed by atoms with Crippen LogP contribution in [0.15, 0.2) is 12.2 Å². The summed E-state index contributed by atoms with van der Waals surface area (Å²) in [5.41, 5.74) is 0. The van der Waals surface area contributed by atoms with Crippen LogP contribution in [0.25, 0.3) is 0 Å². The third-order valence-corrected chi connectivity index (χ3v) is 0.402. The monoisotopic (exact) mass is 162 g/mol. The number of allylic oxidation sites excluding steroid dienone is 2. The zero-order valence-electron chi connectivity index (χ0n) is 4.26. The van der Waals surface area contributed by atoms with E-state index in [1.165, 1.54) is 0 Å². The van der Waals surface area contributed by atoms with Crippen molar-refractivity contribution in [3.63, 3.8) is 0 Å². The third-order valence-electron chi connectivity index (χ3n) is 0.402. The molecule has 0 amide bonds. The van der Waals surface area contributed by atoms with Gasteiger partial charge in [0.05, 0.1) is 0 Å². The Morgan fingerprint density at radius 2 is 2.14 bits per heavy atom. The van der Waals surface area contributed by atoms with Crippen molar-refractivity contribution in [3.05, 3.63) is 19.1 Å². The van der Waals surface area contributed by atoms with Crippen LogP contribution in [0.1, 0.15) is 13.3 Å². The van der Waals surface area contributed by atoms with Gasteiger partial charge in [0.2, 0.25) is 0 Å². The van der Waals surface area contributed by atoms with Crippen molar-refractivity contribution in [1.82, 2.24) is 0 Å². The quantitative estimate of drug-likeness (QED) is 0.411. The molecule has 0 aromatic rings. The van der Waals surface area contributed by atoms with Gasteiger partial charge in [0.25, 0.3) is 0 Å². The van der Waals surface area contributed by atoms with Crippen molar-refractivity contribution in [2.24, 2.45) is 0 Å². The van der Waals surface area contributed by atoms with Crippen LogP contribution in [0.5, 0.6) is 0 Å². The van der Waals surface area contributed by atoms with Crippen LogP contribution in [0.4, 0.5) is 0 Å². The van der Waals surface area contributed by atoms with E-state index in [0.717, 1.165) is 6.42 Å². The summed E-state index contributed by atoms with van der Waals surface area (Å²) in [6.07, 6.45) is 4.92. The first-order valence-corrected chi connectivity index (χ1v) is 3.34. The van der Waals surface area contributed by atoms with Gasteiger partial charge in [-0.2, -0.15) is 0 Å². The molecule has 0 atom stereocenters. The van der Waals surface area contributed by atoms with Gasteiger partial charge in [-0.1, -0.05) is 6.92 Å². The fourth-order valence-corrected chi connectivity index (χ4v) is 0.167. The van der Waals surface area contributed by atoms with Gasteiger partial charge in [-0.25, -0.2) is 19.1 Å². The summed E-state index contributed by atoms with van der Waals surface area (Å²) in [6, 6.07) is 0. The van der Waals surface area contributed by atoms with E-state index >= 15 is 0 Å². The molecular weight excluding hydrogens is 154 g/mol. The average molecular weight is 163 g/mol. The van der Waals surface area contributed by atoms with E-state index in [1.807, 2.05) is 6.08 Å². The summed E-state index contributed by atoms with van der Waals surface area (Å²) in [6.45, 7) is 5.58. The number of halogens is 1. The topological polar surface area (TPSA) is 0 Å². The van der Waals surface area contributed by atoms with Crippen molar-refractivity contribution >= 4 is 10.2 Å². The average Bonchev–Trinajstić information content (AvgIpc) is 1.75. The van der Waals surface area contributed by atoms with Gasteiger partial charge in [0, 0.05) is 0 Å². The molecule has 0 aromatic heterocycles. The first-order valence-electron chi connectivity index (χ1n) is 1.98. The first kappa shape index (κ1) is 10.4. The Morgan fingerprint density at radius 1 is 1.71 bits per heavy atom. The van der Waals surface area contributed by atoms with E-state index in [1.54, 1.807) is 6.08 Å². The van der Waals surface area contributed by atoms with Gasteiger partial charge in [0.15, 0.2) is 0 Å². The predicted molar refractivity (Wildman–Crippen MR) is 30.6 cm³/mol. The number of rotatable bonds is 1. The fraction of sp³-hybridized carbons (Fsp3) is 0.400. The molecule has 0 rings (SSSR count). The van der Waals surface area contributed by atoms with Crippen LogP contribution < -0.4 is 0 Å². The summed E-state index contributed by atoms with van der Waals surface area (Å²) in [5.74, 6) is 0. The molecule has 0 nitrogen and oxygen atoms in total. The van der Waals surface area contributed by atoms with Crippen LogP contribution in [-0.2, 0) is 14.6 Å². The van der Waals surface area contributed by atoms with Gasteiger partial charge in [-0.05, 0) is 0 Å². The van der Waals surface area contributed by atoms with E-state index in [4.69, 9.17) is 0 Å². The van der Waals surface area contributed by atoms with Crippen molar-refractivity contribution in [1.29, 1.82) is 0 Å². The summed E-state index contributed by atoms with van der Waals surface area (Å²) >= 11 is 3.35. The van der Waals surface area contributed by atoms with Gasteiger partial charge in [0.1, 0.15) is 0 Å². The van der Waals surface area contributed by atoms with Gasteiger partial charge < -0.3 is 0 Å². The molecule has 0 saturated carbocycles. The Kier molecular flexibility index (Phi) is 24.0. The minimum absolute atomic E-state index is 1.10. The Bertz CT molecular complexity index is 35.1. The second-order valence-electron chi connectivity index (χ2n) is 0.880. The molecular formula is C5H9ClNi-. The molecule has 0 unspecified atom stereocenters. The van der Waals surface area contributed by atoms with Gasteiger partial charge in [-0.15, -0.1) is 6.42 Å². The van der Waals surface area contributed by atoms with E-state index in [-0.39, 0.29) is 0 Å². The molecule has 47 valence electrons. The molecule has 2 heteroatoms. The molecule has 0 spiro atoms. The Hall–Kier alpha value is 0.394. The number of hydrogen-bond acceptors (Lipinski definition) is 0. The molecule has 7 heavy (non-hydrogen) atoms. The maximum atomic E-state index is 4.26. The summed E-state index contributed by atoms with van der Waals surface area (Å²) in [7, 11) is 4.26. The van der Waals surface area contributed by atoms with E-state index in [0.29, 0.717) is 0 Å². The van der Waals surface area contributed by atoms with Crippen LogP contribution in [-0.4, -0.2) is 0 Å². The van der Waals surface area contributed by atoms with Crippen molar-refractivity contribution < 1.29 is 14.6 Å². The molecule has 0 radical (unpaired) electrons. The van der Waals surface area contributed by atoms with Crippen molar-refractivity contribution in [2.45, 2.75) is 13.3 Å². The second-order valence-corrected chi connectivity index (χ2v) is 0.880. The SMILES string of the molecule is [CH2-]C=CCC.[Cl][Ni]. The molecule has 0 aliphatic carbocycles. The molecule has 0 aromatic carbocycles. The summed E-state index contributed by atoms with van der Waals surface area (Å²) in [5, 5.41) is 0. The normalized spacial score (nSPS) is 8.00. The van der Waals surface area contributed by atoms with Crippen molar-refractivity contribution in [2.75, 3.05) is 0 Å². The van der Waals surface area contributed by atoms with Gasteiger partial charge >= 0.3 is 24.8 Å². The van der Waals surface area contributed by atoms with E-state index in [2.05, 4.69) is 38.6 Å². The Morgan fingerprint density at radius 3 is 2.14 bits per heavy atom. The summed E-state index contributed by atoms with van der Waals surface area (Å²) in [4.78, 5) is 0. The zero-order valence-corrected chi connectivity index (χ0v) is 6.01. The summed E-state index contributed by atoms with van der Waals surface area (Å²) < 4.78 is 0. The van der Waals surface area contributed by atoms with Crippen LogP contribution in [0.3, 0.4) is 0 Å². The zero-order chi connectivity index (χ0) is 6.12. The predicted octanol–water partition coefficient (Wildman–Crippen LogP) is 2.47. The van der Waals surface area contributed by atoms with Crippen LogP contribution >= 0.6 is 10.2 Å². The standard InChI is InChI=1S/C5H9.ClH.Ni/c1-3-5-4-2;;/h3,5H,1,4H2,2H3;1H;/q-1;;+1/p-1. The second kappa shape index (κ2) is 16.2. The molecule has 0 bridgehead atoms. The molecule has 0 N–H and O–H groups in total. The minimum atomic E-state index is 1.10. The Labute approximate surface area is 57.6 Å². The van der Waals surface area contributed by atoms with E-state index in [9.17, 15) is 0 Å². The van der Waals surface area contributed by atoms with Crippen molar-refractivity contribution in [3.8, 4) is 0 Å². The molecule has 0 heterocycles. The molecule has 0 saturated heterocycles. The first-order chi connectivity index (χ1) is 3.41. The van der Waals surface area contributed by atoms with Gasteiger partial charge in [-0.3, -0.25) is 0 Å². The van der Waals surface area contributed by atoms with Crippen LogP contribution in [0.2, 0.25) is 0 Å². The molecule has 0 aliphatic heterocycles. The maximum absolute atomic E-state index is 4.26. The van der Waals surface area contributed by atoms with Crippen LogP contribution in [0, 0.1) is 6.92 Å². The number of hydrogen-bond donors (Lipinski definition) is 0. The van der Waals surface area contributed by atoms with E-state index < -0.39 is 0 Å². The Balaban J connectivity index is 0. The fourth-order valence-electron chi connectivity index (χ4n) is 0.167.